The van der Waals surface area contributed by atoms with Crippen LogP contribution < -0.4 is 10.2 Å². The molecule has 1 aromatic carbocycles. The van der Waals surface area contributed by atoms with Gasteiger partial charge in [-0.2, -0.15) is 0 Å². The number of amides is 1. The molecule has 1 amide bonds. The molecule has 0 unspecified atom stereocenters. The fourth-order valence-electron chi connectivity index (χ4n) is 3.00. The number of thiophene rings is 2. The van der Waals surface area contributed by atoms with Gasteiger partial charge in [-0.05, 0) is 48.1 Å². The fraction of sp³-hybridized carbons (Fsp3) is 0.211. The highest BCUT2D eigenvalue weighted by atomic mass is 32.1. The van der Waals surface area contributed by atoms with Crippen molar-refractivity contribution in [1.82, 2.24) is 5.32 Å². The second-order valence-electron chi connectivity index (χ2n) is 5.75. The number of rotatable bonds is 5. The molecule has 0 atom stereocenters. The van der Waals surface area contributed by atoms with E-state index < -0.39 is 0 Å². The van der Waals surface area contributed by atoms with Gasteiger partial charge in [-0.3, -0.25) is 4.79 Å². The summed E-state index contributed by atoms with van der Waals surface area (Å²) in [5.41, 5.74) is 2.65. The molecule has 3 aromatic rings. The minimum Gasteiger partial charge on any atom is -0.351 e. The Bertz CT molecular complexity index is 839. The van der Waals surface area contributed by atoms with Crippen LogP contribution >= 0.6 is 22.7 Å². The summed E-state index contributed by atoms with van der Waals surface area (Å²) in [6, 6.07) is 16.6. The van der Waals surface area contributed by atoms with E-state index in [0.717, 1.165) is 29.3 Å². The van der Waals surface area contributed by atoms with Gasteiger partial charge in [0.2, 0.25) is 0 Å². The zero-order valence-corrected chi connectivity index (χ0v) is 14.8. The van der Waals surface area contributed by atoms with Crippen LogP contribution in [0.15, 0.2) is 53.9 Å². The van der Waals surface area contributed by atoms with Gasteiger partial charge in [0.05, 0.1) is 9.88 Å². The largest absolute Gasteiger partial charge is 0.351 e. The summed E-state index contributed by atoms with van der Waals surface area (Å²) in [6.07, 6.45) is 1.96. The monoisotopic (exact) mass is 354 g/mol. The summed E-state index contributed by atoms with van der Waals surface area (Å²) in [5, 5.41) is 6.23. The number of carbonyl (C=O) groups excluding carboxylic acids is 1. The third-order valence-electron chi connectivity index (χ3n) is 4.21. The van der Waals surface area contributed by atoms with Gasteiger partial charge in [-0.25, -0.2) is 0 Å². The van der Waals surface area contributed by atoms with E-state index in [2.05, 4.69) is 52.0 Å². The Kier molecular flexibility index (Phi) is 4.36. The number of nitrogens with zero attached hydrogens (tertiary/aromatic N) is 1. The van der Waals surface area contributed by atoms with Crippen LogP contribution in [0.2, 0.25) is 0 Å². The van der Waals surface area contributed by atoms with E-state index in [4.69, 9.17) is 0 Å². The van der Waals surface area contributed by atoms with Gasteiger partial charge < -0.3 is 10.2 Å². The van der Waals surface area contributed by atoms with Crippen LogP contribution in [0.1, 0.15) is 20.1 Å². The number of benzene rings is 1. The number of hydrogen-bond donors (Lipinski definition) is 1. The Hall–Kier alpha value is -2.11. The van der Waals surface area contributed by atoms with E-state index >= 15 is 0 Å². The lowest BCUT2D eigenvalue weighted by atomic mass is 10.2. The number of para-hydroxylation sites is 1. The molecular formula is C19H18N2OS2. The smallest absolute Gasteiger partial charge is 0.261 e. The zero-order chi connectivity index (χ0) is 16.4. The molecule has 3 nitrogen and oxygen atoms in total. The van der Waals surface area contributed by atoms with Crippen molar-refractivity contribution in [1.29, 1.82) is 0 Å². The van der Waals surface area contributed by atoms with Crippen molar-refractivity contribution in [3.05, 3.63) is 69.2 Å². The quantitative estimate of drug-likeness (QED) is 0.733. The first-order valence-electron chi connectivity index (χ1n) is 8.07. The summed E-state index contributed by atoms with van der Waals surface area (Å²) in [5.74, 6) is 0.0234. The molecule has 0 spiro atoms. The molecule has 0 aliphatic carbocycles. The maximum atomic E-state index is 12.3. The van der Waals surface area contributed by atoms with E-state index in [0.29, 0.717) is 6.54 Å². The van der Waals surface area contributed by atoms with Crippen LogP contribution in [0, 0.1) is 0 Å². The molecule has 0 saturated heterocycles. The predicted octanol–water partition coefficient (Wildman–Crippen LogP) is 4.48. The lowest BCUT2D eigenvalue weighted by molar-refractivity contribution is 0.0958. The topological polar surface area (TPSA) is 32.3 Å². The first kappa shape index (κ1) is 15.4. The summed E-state index contributed by atoms with van der Waals surface area (Å²) in [6.45, 7) is 1.67. The summed E-state index contributed by atoms with van der Waals surface area (Å²) in [7, 11) is 0. The Morgan fingerprint density at radius 3 is 2.92 bits per heavy atom. The summed E-state index contributed by atoms with van der Waals surface area (Å²) < 4.78 is 0. The normalized spacial score (nSPS) is 13.1. The Morgan fingerprint density at radius 2 is 2.04 bits per heavy atom. The maximum Gasteiger partial charge on any atom is 0.261 e. The molecule has 0 radical (unpaired) electrons. The first-order valence-corrected chi connectivity index (χ1v) is 9.77. The molecule has 0 saturated carbocycles. The zero-order valence-electron chi connectivity index (χ0n) is 13.2. The molecule has 1 aliphatic rings. The average molecular weight is 354 g/mol. The van der Waals surface area contributed by atoms with Crippen molar-refractivity contribution in [3.8, 4) is 0 Å². The van der Waals surface area contributed by atoms with Gasteiger partial charge in [0.25, 0.3) is 5.91 Å². The molecule has 2 aromatic heterocycles. The van der Waals surface area contributed by atoms with Gasteiger partial charge in [-0.1, -0.05) is 24.3 Å². The van der Waals surface area contributed by atoms with Crippen LogP contribution in [0.5, 0.6) is 0 Å². The molecule has 1 aliphatic heterocycles. The second kappa shape index (κ2) is 6.79. The molecule has 24 heavy (non-hydrogen) atoms. The van der Waals surface area contributed by atoms with E-state index in [9.17, 15) is 4.79 Å². The highest BCUT2D eigenvalue weighted by Gasteiger charge is 2.21. The Labute approximate surface area is 149 Å². The van der Waals surface area contributed by atoms with E-state index in [-0.39, 0.29) is 5.91 Å². The van der Waals surface area contributed by atoms with Crippen molar-refractivity contribution in [2.24, 2.45) is 0 Å². The van der Waals surface area contributed by atoms with Gasteiger partial charge >= 0.3 is 0 Å². The highest BCUT2D eigenvalue weighted by Crippen LogP contribution is 2.37. The molecule has 0 bridgehead atoms. The molecular weight excluding hydrogens is 336 g/mol. The van der Waals surface area contributed by atoms with E-state index in [1.54, 1.807) is 22.7 Å². The molecule has 1 N–H and O–H groups in total. The van der Waals surface area contributed by atoms with Gasteiger partial charge in [0, 0.05) is 23.7 Å². The number of anilines is 2. The number of hydrogen-bond acceptors (Lipinski definition) is 4. The summed E-state index contributed by atoms with van der Waals surface area (Å²) >= 11 is 3.30. The van der Waals surface area contributed by atoms with Crippen molar-refractivity contribution in [2.45, 2.75) is 12.8 Å². The summed E-state index contributed by atoms with van der Waals surface area (Å²) in [4.78, 5) is 16.7. The molecule has 122 valence electrons. The molecule has 0 fully saturated rings. The van der Waals surface area contributed by atoms with Gasteiger partial charge in [0.1, 0.15) is 0 Å². The van der Waals surface area contributed by atoms with Crippen molar-refractivity contribution in [3.63, 3.8) is 0 Å². The lowest BCUT2D eigenvalue weighted by Gasteiger charge is -2.16. The second-order valence-corrected chi connectivity index (χ2v) is 7.85. The molecule has 3 heterocycles. The number of nitrogens with one attached hydrogen (secondary N) is 1. The van der Waals surface area contributed by atoms with Crippen molar-refractivity contribution < 1.29 is 4.79 Å². The molecule has 4 rings (SSSR count). The predicted molar refractivity (Wildman–Crippen MR) is 102 cm³/mol. The minimum absolute atomic E-state index is 0.0234. The van der Waals surface area contributed by atoms with Crippen molar-refractivity contribution >= 4 is 39.3 Å². The third-order valence-corrected chi connectivity index (χ3v) is 6.25. The highest BCUT2D eigenvalue weighted by molar-refractivity contribution is 7.18. The van der Waals surface area contributed by atoms with Crippen LogP contribution in [0.25, 0.3) is 0 Å². The lowest BCUT2D eigenvalue weighted by Crippen LogP contribution is -2.24. The average Bonchev–Trinajstić information content (AvgIpc) is 3.34. The van der Waals surface area contributed by atoms with Gasteiger partial charge in [-0.15, -0.1) is 22.7 Å². The van der Waals surface area contributed by atoms with Crippen molar-refractivity contribution in [2.75, 3.05) is 18.0 Å². The van der Waals surface area contributed by atoms with E-state index in [1.165, 1.54) is 16.1 Å². The minimum atomic E-state index is 0.0234. The van der Waals surface area contributed by atoms with Crippen LogP contribution in [-0.4, -0.2) is 19.0 Å². The first-order chi connectivity index (χ1) is 11.8. The number of carbonyl (C=O) groups is 1. The standard InChI is InChI=1S/C19H18N2OS2/c22-19(20-11-9-15-5-3-13-23-15)17-7-8-18(24-17)21-12-10-14-4-1-2-6-16(14)21/h1-8,13H,9-12H2,(H,20,22). The van der Waals surface area contributed by atoms with Crippen LogP contribution in [0.3, 0.4) is 0 Å². The SMILES string of the molecule is O=C(NCCc1cccs1)c1ccc(N2CCc3ccccc32)s1. The van der Waals surface area contributed by atoms with Gasteiger partial charge in [0.15, 0.2) is 0 Å². The Morgan fingerprint density at radius 1 is 1.12 bits per heavy atom. The maximum absolute atomic E-state index is 12.3. The number of fused-ring (bicyclic) bond motifs is 1. The van der Waals surface area contributed by atoms with Crippen LogP contribution in [0.4, 0.5) is 10.7 Å². The Balaban J connectivity index is 1.40. The van der Waals surface area contributed by atoms with Crippen LogP contribution in [-0.2, 0) is 12.8 Å². The third kappa shape index (κ3) is 3.09. The molecule has 5 heteroatoms. The fourth-order valence-corrected chi connectivity index (χ4v) is 4.67. The van der Waals surface area contributed by atoms with E-state index in [1.807, 2.05) is 12.1 Å².